The van der Waals surface area contributed by atoms with Crippen molar-refractivity contribution in [3.63, 3.8) is 0 Å². The molecule has 7 heteroatoms. The largest absolute Gasteiger partial charge is 0.368 e. The van der Waals surface area contributed by atoms with Crippen LogP contribution in [-0.2, 0) is 6.54 Å². The van der Waals surface area contributed by atoms with Crippen molar-refractivity contribution < 1.29 is 4.79 Å². The van der Waals surface area contributed by atoms with Gasteiger partial charge in [-0.25, -0.2) is 9.97 Å². The third-order valence-corrected chi connectivity index (χ3v) is 4.17. The summed E-state index contributed by atoms with van der Waals surface area (Å²) >= 11 is 5.97. The van der Waals surface area contributed by atoms with Crippen LogP contribution in [0.5, 0.6) is 0 Å². The summed E-state index contributed by atoms with van der Waals surface area (Å²) in [6.45, 7) is 4.17. The molecular weight excluding hydrogens is 338 g/mol. The fourth-order valence-corrected chi connectivity index (χ4v) is 3.00. The molecule has 3 aromatic rings. The number of rotatable bonds is 4. The van der Waals surface area contributed by atoms with E-state index in [2.05, 4.69) is 20.3 Å². The SMILES string of the molecule is Cc1[nH]c(C(=O)NCc2cccc(Cl)c2)c(C)c1-c1ccnc(N)n1. The minimum absolute atomic E-state index is 0.186. The molecule has 0 spiro atoms. The molecule has 0 bridgehead atoms. The lowest BCUT2D eigenvalue weighted by Gasteiger charge is -2.06. The predicted molar refractivity (Wildman–Crippen MR) is 98.3 cm³/mol. The van der Waals surface area contributed by atoms with Gasteiger partial charge in [-0.3, -0.25) is 4.79 Å². The van der Waals surface area contributed by atoms with E-state index in [1.165, 1.54) is 0 Å². The van der Waals surface area contributed by atoms with Gasteiger partial charge in [0.25, 0.3) is 5.91 Å². The van der Waals surface area contributed by atoms with Crippen LogP contribution >= 0.6 is 11.6 Å². The number of aryl methyl sites for hydroxylation is 1. The van der Waals surface area contributed by atoms with Gasteiger partial charge in [0.2, 0.25) is 5.95 Å². The summed E-state index contributed by atoms with van der Waals surface area (Å²) in [6, 6.07) is 9.15. The summed E-state index contributed by atoms with van der Waals surface area (Å²) in [6.07, 6.45) is 1.60. The Balaban J connectivity index is 1.83. The maximum atomic E-state index is 12.6. The molecule has 4 N–H and O–H groups in total. The number of amides is 1. The molecule has 0 radical (unpaired) electrons. The first-order valence-electron chi connectivity index (χ1n) is 7.76. The van der Waals surface area contributed by atoms with Gasteiger partial charge in [0.15, 0.2) is 0 Å². The molecule has 0 aliphatic rings. The number of nitrogens with zero attached hydrogens (tertiary/aromatic N) is 2. The second-order valence-corrected chi connectivity index (χ2v) is 6.17. The van der Waals surface area contributed by atoms with Gasteiger partial charge in [0.05, 0.1) is 5.69 Å². The number of benzene rings is 1. The third kappa shape index (κ3) is 3.64. The van der Waals surface area contributed by atoms with Crippen LogP contribution in [0.3, 0.4) is 0 Å². The number of hydrogen-bond acceptors (Lipinski definition) is 4. The zero-order valence-electron chi connectivity index (χ0n) is 13.9. The van der Waals surface area contributed by atoms with E-state index in [1.54, 1.807) is 18.3 Å². The Bertz CT molecular complexity index is 935. The second-order valence-electron chi connectivity index (χ2n) is 5.74. The Hall–Kier alpha value is -2.86. The van der Waals surface area contributed by atoms with Crippen molar-refractivity contribution in [3.05, 3.63) is 64.1 Å². The lowest BCUT2D eigenvalue weighted by molar-refractivity contribution is 0.0946. The average molecular weight is 356 g/mol. The molecule has 2 aromatic heterocycles. The van der Waals surface area contributed by atoms with E-state index in [-0.39, 0.29) is 11.9 Å². The lowest BCUT2D eigenvalue weighted by Crippen LogP contribution is -2.23. The van der Waals surface area contributed by atoms with Crippen LogP contribution in [-0.4, -0.2) is 20.9 Å². The molecule has 128 valence electrons. The molecule has 0 aliphatic heterocycles. The molecule has 0 unspecified atom stereocenters. The topological polar surface area (TPSA) is 96.7 Å². The highest BCUT2D eigenvalue weighted by Crippen LogP contribution is 2.28. The zero-order valence-corrected chi connectivity index (χ0v) is 14.7. The van der Waals surface area contributed by atoms with Gasteiger partial charge in [0.1, 0.15) is 5.69 Å². The van der Waals surface area contributed by atoms with Crippen molar-refractivity contribution in [2.24, 2.45) is 0 Å². The highest BCUT2D eigenvalue weighted by Gasteiger charge is 2.19. The normalized spacial score (nSPS) is 10.7. The summed E-state index contributed by atoms with van der Waals surface area (Å²) in [7, 11) is 0. The van der Waals surface area contributed by atoms with E-state index in [0.29, 0.717) is 23.0 Å². The van der Waals surface area contributed by atoms with Crippen LogP contribution in [0.1, 0.15) is 27.3 Å². The Morgan fingerprint density at radius 2 is 2.12 bits per heavy atom. The van der Waals surface area contributed by atoms with E-state index in [9.17, 15) is 4.79 Å². The van der Waals surface area contributed by atoms with Crippen molar-refractivity contribution in [2.75, 3.05) is 5.73 Å². The minimum atomic E-state index is -0.186. The number of anilines is 1. The summed E-state index contributed by atoms with van der Waals surface area (Å²) < 4.78 is 0. The first-order valence-corrected chi connectivity index (χ1v) is 8.14. The molecule has 25 heavy (non-hydrogen) atoms. The van der Waals surface area contributed by atoms with Gasteiger partial charge in [-0.05, 0) is 43.2 Å². The number of carbonyl (C=O) groups excluding carboxylic acids is 1. The molecule has 3 rings (SSSR count). The number of carbonyl (C=O) groups is 1. The molecule has 0 saturated carbocycles. The number of nitrogens with one attached hydrogen (secondary N) is 2. The van der Waals surface area contributed by atoms with Crippen LogP contribution in [0.2, 0.25) is 5.02 Å². The van der Waals surface area contributed by atoms with Crippen LogP contribution in [0.25, 0.3) is 11.3 Å². The Labute approximate surface area is 150 Å². The van der Waals surface area contributed by atoms with Crippen molar-refractivity contribution in [1.82, 2.24) is 20.3 Å². The standard InChI is InChI=1S/C18H18ClN5O/c1-10-15(14-6-7-21-18(20)24-14)11(2)23-16(10)17(25)22-9-12-4-3-5-13(19)8-12/h3-8,23H,9H2,1-2H3,(H,22,25)(H2,20,21,24). The van der Waals surface area contributed by atoms with Crippen LogP contribution in [0.15, 0.2) is 36.5 Å². The number of aromatic amines is 1. The van der Waals surface area contributed by atoms with Gasteiger partial charge in [-0.1, -0.05) is 23.7 Å². The Morgan fingerprint density at radius 1 is 1.32 bits per heavy atom. The third-order valence-electron chi connectivity index (χ3n) is 3.94. The van der Waals surface area contributed by atoms with Gasteiger partial charge < -0.3 is 16.0 Å². The molecule has 0 fully saturated rings. The number of nitrogen functional groups attached to an aromatic ring is 1. The van der Waals surface area contributed by atoms with Crippen molar-refractivity contribution >= 4 is 23.5 Å². The smallest absolute Gasteiger partial charge is 0.268 e. The highest BCUT2D eigenvalue weighted by atomic mass is 35.5. The maximum Gasteiger partial charge on any atom is 0.268 e. The van der Waals surface area contributed by atoms with Gasteiger partial charge in [-0.15, -0.1) is 0 Å². The zero-order chi connectivity index (χ0) is 18.0. The Morgan fingerprint density at radius 3 is 2.84 bits per heavy atom. The molecule has 0 aliphatic carbocycles. The van der Waals surface area contributed by atoms with Crippen LogP contribution in [0, 0.1) is 13.8 Å². The summed E-state index contributed by atoms with van der Waals surface area (Å²) in [5.74, 6) is 0.0123. The Kier molecular flexibility index (Phi) is 4.72. The average Bonchev–Trinajstić information content (AvgIpc) is 2.87. The van der Waals surface area contributed by atoms with E-state index < -0.39 is 0 Å². The predicted octanol–water partition coefficient (Wildman–Crippen LogP) is 3.25. The van der Waals surface area contributed by atoms with Gasteiger partial charge in [-0.2, -0.15) is 0 Å². The fraction of sp³-hybridized carbons (Fsp3) is 0.167. The van der Waals surface area contributed by atoms with Crippen molar-refractivity contribution in [3.8, 4) is 11.3 Å². The van der Waals surface area contributed by atoms with Gasteiger partial charge >= 0.3 is 0 Å². The van der Waals surface area contributed by atoms with Crippen molar-refractivity contribution in [2.45, 2.75) is 20.4 Å². The number of aromatic nitrogens is 3. The van der Waals surface area contributed by atoms with Gasteiger partial charge in [0, 0.05) is 29.0 Å². The maximum absolute atomic E-state index is 12.6. The van der Waals surface area contributed by atoms with Crippen LogP contribution < -0.4 is 11.1 Å². The van der Waals surface area contributed by atoms with E-state index in [4.69, 9.17) is 17.3 Å². The fourth-order valence-electron chi connectivity index (χ4n) is 2.79. The van der Waals surface area contributed by atoms with Crippen molar-refractivity contribution in [1.29, 1.82) is 0 Å². The summed E-state index contributed by atoms with van der Waals surface area (Å²) in [5, 5.41) is 3.54. The lowest BCUT2D eigenvalue weighted by atomic mass is 10.1. The van der Waals surface area contributed by atoms with Crippen LogP contribution in [0.4, 0.5) is 5.95 Å². The first-order chi connectivity index (χ1) is 12.0. The molecule has 2 heterocycles. The number of halogens is 1. The number of hydrogen-bond donors (Lipinski definition) is 3. The number of H-pyrrole nitrogens is 1. The molecule has 0 atom stereocenters. The highest BCUT2D eigenvalue weighted by molar-refractivity contribution is 6.30. The monoisotopic (exact) mass is 355 g/mol. The second kappa shape index (κ2) is 6.94. The summed E-state index contributed by atoms with van der Waals surface area (Å²) in [4.78, 5) is 23.8. The molecular formula is C18H18ClN5O. The molecule has 0 saturated heterocycles. The molecule has 6 nitrogen and oxygen atoms in total. The first kappa shape index (κ1) is 17.0. The quantitative estimate of drug-likeness (QED) is 0.669. The van der Waals surface area contributed by atoms with E-state index >= 15 is 0 Å². The van der Waals surface area contributed by atoms with E-state index in [1.807, 2.05) is 32.0 Å². The molecule has 1 aromatic carbocycles. The summed E-state index contributed by atoms with van der Waals surface area (Å²) in [5.41, 5.74) is 10.3. The minimum Gasteiger partial charge on any atom is -0.368 e. The number of nitrogens with two attached hydrogens (primary N) is 1. The molecule has 1 amide bonds. The van der Waals surface area contributed by atoms with E-state index in [0.717, 1.165) is 22.4 Å².